The summed E-state index contributed by atoms with van der Waals surface area (Å²) < 4.78 is 5.69. The molecule has 1 aromatic carbocycles. The molecule has 1 heterocycles. The highest BCUT2D eigenvalue weighted by atomic mass is 16.5. The van der Waals surface area contributed by atoms with Crippen molar-refractivity contribution in [1.82, 2.24) is 5.32 Å². The minimum atomic E-state index is 0.0673. The van der Waals surface area contributed by atoms with Crippen molar-refractivity contribution < 1.29 is 9.53 Å². The van der Waals surface area contributed by atoms with E-state index in [4.69, 9.17) is 4.74 Å². The molecule has 2 aliphatic rings. The number of fused-ring (bicyclic) bond motifs is 3. The first-order valence-electron chi connectivity index (χ1n) is 7.27. The fraction of sp³-hybridized carbons (Fsp3) is 0.562. The normalized spacial score (nSPS) is 20.4. The average Bonchev–Trinajstić information content (AvgIpc) is 2.86. The third kappa shape index (κ3) is 2.46. The fourth-order valence-electron chi connectivity index (χ4n) is 3.47. The number of ether oxygens (including phenoxy) is 1. The van der Waals surface area contributed by atoms with Crippen molar-refractivity contribution >= 4 is 5.91 Å². The van der Waals surface area contributed by atoms with E-state index >= 15 is 0 Å². The van der Waals surface area contributed by atoms with Crippen molar-refractivity contribution in [1.29, 1.82) is 0 Å². The van der Waals surface area contributed by atoms with Gasteiger partial charge in [-0.25, -0.2) is 0 Å². The molecule has 1 amide bonds. The van der Waals surface area contributed by atoms with Crippen LogP contribution < -0.4 is 10.1 Å². The Morgan fingerprint density at radius 3 is 3.16 bits per heavy atom. The lowest BCUT2D eigenvalue weighted by atomic mass is 9.78. The van der Waals surface area contributed by atoms with Crippen LogP contribution in [0, 0.1) is 0 Å². The maximum Gasteiger partial charge on any atom is 0.216 e. The van der Waals surface area contributed by atoms with Gasteiger partial charge < -0.3 is 10.1 Å². The van der Waals surface area contributed by atoms with Gasteiger partial charge in [0.2, 0.25) is 5.91 Å². The Kier molecular flexibility index (Phi) is 3.45. The zero-order chi connectivity index (χ0) is 13.2. The molecule has 0 fully saturated rings. The number of carbonyl (C=O) groups excluding carboxylic acids is 1. The van der Waals surface area contributed by atoms with Crippen LogP contribution in [0.2, 0.25) is 0 Å². The number of hydrogen-bond acceptors (Lipinski definition) is 2. The third-order valence-electron chi connectivity index (χ3n) is 4.29. The molecule has 1 N–H and O–H groups in total. The van der Waals surface area contributed by atoms with Crippen LogP contribution in [-0.4, -0.2) is 19.1 Å². The lowest BCUT2D eigenvalue weighted by molar-refractivity contribution is -0.118. The van der Waals surface area contributed by atoms with Crippen LogP contribution in [0.1, 0.15) is 48.8 Å². The molecule has 0 saturated carbocycles. The van der Waals surface area contributed by atoms with Crippen molar-refractivity contribution in [3.8, 4) is 5.75 Å². The van der Waals surface area contributed by atoms with E-state index in [1.807, 2.05) is 0 Å². The van der Waals surface area contributed by atoms with Gasteiger partial charge in [-0.3, -0.25) is 4.79 Å². The van der Waals surface area contributed by atoms with Crippen LogP contribution >= 0.6 is 0 Å². The van der Waals surface area contributed by atoms with Gasteiger partial charge in [0.05, 0.1) is 6.61 Å². The lowest BCUT2D eigenvalue weighted by Gasteiger charge is -2.27. The molecule has 3 nitrogen and oxygen atoms in total. The van der Waals surface area contributed by atoms with E-state index in [2.05, 4.69) is 17.4 Å². The van der Waals surface area contributed by atoms with E-state index in [1.165, 1.54) is 36.0 Å². The minimum Gasteiger partial charge on any atom is -0.493 e. The summed E-state index contributed by atoms with van der Waals surface area (Å²) in [6, 6.07) is 4.38. The Hall–Kier alpha value is -1.51. The van der Waals surface area contributed by atoms with E-state index in [0.29, 0.717) is 5.92 Å². The Morgan fingerprint density at radius 1 is 1.42 bits per heavy atom. The van der Waals surface area contributed by atoms with Gasteiger partial charge in [-0.1, -0.05) is 6.07 Å². The topological polar surface area (TPSA) is 38.3 Å². The van der Waals surface area contributed by atoms with Gasteiger partial charge in [0.15, 0.2) is 0 Å². The number of carbonyl (C=O) groups is 1. The molecule has 0 aromatic heterocycles. The zero-order valence-electron chi connectivity index (χ0n) is 11.5. The van der Waals surface area contributed by atoms with Gasteiger partial charge in [0.25, 0.3) is 0 Å². The first kappa shape index (κ1) is 12.5. The molecule has 1 atom stereocenters. The van der Waals surface area contributed by atoms with Crippen LogP contribution in [0.15, 0.2) is 12.1 Å². The van der Waals surface area contributed by atoms with Crippen LogP contribution in [0.4, 0.5) is 0 Å². The highest BCUT2D eigenvalue weighted by Crippen LogP contribution is 2.41. The summed E-state index contributed by atoms with van der Waals surface area (Å²) in [5, 5.41) is 2.92. The smallest absolute Gasteiger partial charge is 0.216 e. The zero-order valence-corrected chi connectivity index (χ0v) is 11.5. The summed E-state index contributed by atoms with van der Waals surface area (Å²) in [4.78, 5) is 11.0. The molecule has 0 saturated heterocycles. The number of rotatable bonds is 3. The van der Waals surface area contributed by atoms with Crippen molar-refractivity contribution in [3.63, 3.8) is 0 Å². The van der Waals surface area contributed by atoms with Gasteiger partial charge >= 0.3 is 0 Å². The maximum atomic E-state index is 11.0. The molecule has 102 valence electrons. The first-order valence-corrected chi connectivity index (χ1v) is 7.27. The predicted octanol–water partition coefficient (Wildman–Crippen LogP) is 2.57. The van der Waals surface area contributed by atoms with Gasteiger partial charge in [0.1, 0.15) is 5.75 Å². The number of aryl methyl sites for hydroxylation is 1. The Labute approximate surface area is 114 Å². The summed E-state index contributed by atoms with van der Waals surface area (Å²) >= 11 is 0. The predicted molar refractivity (Wildman–Crippen MR) is 74.6 cm³/mol. The van der Waals surface area contributed by atoms with E-state index in [-0.39, 0.29) is 5.91 Å². The molecule has 1 unspecified atom stereocenters. The number of benzene rings is 1. The fourth-order valence-corrected chi connectivity index (χ4v) is 3.47. The standard InChI is InChI=1S/C16H21NO2/c1-11(18)17-9-7-13-4-2-3-12-5-6-15-14(16(12)13)8-10-19-15/h5-6,13H,2-4,7-10H2,1H3,(H,17,18). The molecular formula is C16H21NO2. The van der Waals surface area contributed by atoms with Gasteiger partial charge in [-0.15, -0.1) is 0 Å². The molecule has 3 heteroatoms. The van der Waals surface area contributed by atoms with Crippen molar-refractivity contribution in [2.75, 3.05) is 13.2 Å². The molecule has 3 rings (SSSR count). The summed E-state index contributed by atoms with van der Waals surface area (Å²) in [5.74, 6) is 1.75. The number of amides is 1. The summed E-state index contributed by atoms with van der Waals surface area (Å²) in [6.45, 7) is 3.19. The van der Waals surface area contributed by atoms with E-state index < -0.39 is 0 Å². The molecule has 1 aromatic rings. The Morgan fingerprint density at radius 2 is 2.32 bits per heavy atom. The second kappa shape index (κ2) is 5.24. The maximum absolute atomic E-state index is 11.0. The summed E-state index contributed by atoms with van der Waals surface area (Å²) in [7, 11) is 0. The number of hydrogen-bond donors (Lipinski definition) is 1. The van der Waals surface area contributed by atoms with Crippen LogP contribution in [-0.2, 0) is 17.6 Å². The minimum absolute atomic E-state index is 0.0673. The number of nitrogens with one attached hydrogen (secondary N) is 1. The highest BCUT2D eigenvalue weighted by molar-refractivity contribution is 5.72. The van der Waals surface area contributed by atoms with Crippen LogP contribution in [0.3, 0.4) is 0 Å². The van der Waals surface area contributed by atoms with Gasteiger partial charge in [-0.2, -0.15) is 0 Å². The molecule has 0 radical (unpaired) electrons. The summed E-state index contributed by atoms with van der Waals surface area (Å²) in [5.41, 5.74) is 4.47. The second-order valence-corrected chi connectivity index (χ2v) is 5.57. The van der Waals surface area contributed by atoms with Gasteiger partial charge in [0, 0.05) is 25.5 Å². The first-order chi connectivity index (χ1) is 9.25. The molecule has 0 spiro atoms. The Bertz CT molecular complexity index is 496. The van der Waals surface area contributed by atoms with Crippen molar-refractivity contribution in [2.45, 2.75) is 44.9 Å². The van der Waals surface area contributed by atoms with Crippen LogP contribution in [0.5, 0.6) is 5.75 Å². The second-order valence-electron chi connectivity index (χ2n) is 5.57. The molecule has 19 heavy (non-hydrogen) atoms. The largest absolute Gasteiger partial charge is 0.493 e. The molecule has 0 bridgehead atoms. The average molecular weight is 259 g/mol. The molecule has 1 aliphatic heterocycles. The highest BCUT2D eigenvalue weighted by Gasteiger charge is 2.27. The van der Waals surface area contributed by atoms with E-state index in [0.717, 1.165) is 31.7 Å². The molecule has 1 aliphatic carbocycles. The molecular weight excluding hydrogens is 238 g/mol. The SMILES string of the molecule is CC(=O)NCCC1CCCc2ccc3c(c21)CCO3. The Balaban J connectivity index is 1.82. The van der Waals surface area contributed by atoms with E-state index in [1.54, 1.807) is 6.92 Å². The van der Waals surface area contributed by atoms with Gasteiger partial charge in [-0.05, 0) is 48.8 Å². The van der Waals surface area contributed by atoms with E-state index in [9.17, 15) is 4.79 Å². The third-order valence-corrected chi connectivity index (χ3v) is 4.29. The van der Waals surface area contributed by atoms with Crippen LogP contribution in [0.25, 0.3) is 0 Å². The van der Waals surface area contributed by atoms with Crippen molar-refractivity contribution in [3.05, 3.63) is 28.8 Å². The van der Waals surface area contributed by atoms with Crippen molar-refractivity contribution in [2.24, 2.45) is 0 Å². The summed E-state index contributed by atoms with van der Waals surface area (Å²) in [6.07, 6.45) is 5.79. The monoisotopic (exact) mass is 259 g/mol. The quantitative estimate of drug-likeness (QED) is 0.906. The lowest BCUT2D eigenvalue weighted by Crippen LogP contribution is -2.24.